The number of alkyl halides is 6. The number of rotatable bonds is 4. The molecule has 1 N–H and O–H groups in total. The third-order valence-corrected chi connectivity index (χ3v) is 4.08. The number of para-hydroxylation sites is 1. The zero-order chi connectivity index (χ0) is 22.1. The molecule has 6 nitrogen and oxygen atoms in total. The Hall–Kier alpha value is -3.15. The highest BCUT2D eigenvalue weighted by atomic mass is 35.5. The smallest absolute Gasteiger partial charge is 0.323 e. The minimum absolute atomic E-state index is 0.00180. The fourth-order valence-corrected chi connectivity index (χ4v) is 2.68. The van der Waals surface area contributed by atoms with Crippen LogP contribution in [-0.4, -0.2) is 26.1 Å². The molecule has 0 aliphatic rings. The predicted octanol–water partition coefficient (Wildman–Crippen LogP) is 4.67. The molecule has 158 valence electrons. The van der Waals surface area contributed by atoms with Gasteiger partial charge in [0.25, 0.3) is 0 Å². The maximum Gasteiger partial charge on any atom is 0.418 e. The Morgan fingerprint density at radius 3 is 2.40 bits per heavy atom. The first-order chi connectivity index (χ1) is 13.9. The van der Waals surface area contributed by atoms with Crippen molar-refractivity contribution in [1.82, 2.24) is 20.2 Å². The number of tetrazole rings is 1. The van der Waals surface area contributed by atoms with Gasteiger partial charge in [-0.2, -0.15) is 31.1 Å². The van der Waals surface area contributed by atoms with Gasteiger partial charge in [-0.1, -0.05) is 29.8 Å². The second-order valence-electron chi connectivity index (χ2n) is 5.93. The molecule has 0 fully saturated rings. The topological polar surface area (TPSA) is 72.7 Å². The predicted molar refractivity (Wildman–Crippen MR) is 93.3 cm³/mol. The Bertz CT molecular complexity index is 1080. The van der Waals surface area contributed by atoms with E-state index in [-0.39, 0.29) is 16.4 Å². The minimum atomic E-state index is -4.75. The molecule has 0 unspecified atom stereocenters. The molecule has 13 heteroatoms. The Morgan fingerprint density at radius 1 is 1.03 bits per heavy atom. The van der Waals surface area contributed by atoms with Gasteiger partial charge in [0.05, 0.1) is 21.8 Å². The molecule has 0 saturated carbocycles. The zero-order valence-corrected chi connectivity index (χ0v) is 15.3. The molecule has 0 saturated heterocycles. The standard InChI is InChI=1S/C17H10ClF6N5O/c18-12-6-2-5-11(17(22,23)24)14(12)25-13(30)8-29-27-15(26-28-29)9-3-1-4-10(7-9)16(19,20)21/h1-7H,8H2,(H,25,30). The Labute approximate surface area is 169 Å². The molecule has 1 aromatic heterocycles. The second kappa shape index (κ2) is 7.94. The molecule has 0 radical (unpaired) electrons. The summed E-state index contributed by atoms with van der Waals surface area (Å²) in [7, 11) is 0. The van der Waals surface area contributed by atoms with E-state index < -0.39 is 41.6 Å². The number of benzene rings is 2. The maximum atomic E-state index is 13.1. The van der Waals surface area contributed by atoms with Gasteiger partial charge in [-0.25, -0.2) is 0 Å². The fourth-order valence-electron chi connectivity index (χ4n) is 2.46. The van der Waals surface area contributed by atoms with E-state index in [1.807, 2.05) is 5.32 Å². The first-order valence-electron chi connectivity index (χ1n) is 8.06. The Balaban J connectivity index is 1.77. The number of anilines is 1. The molecule has 30 heavy (non-hydrogen) atoms. The van der Waals surface area contributed by atoms with Gasteiger partial charge in [0.15, 0.2) is 0 Å². The molecule has 3 rings (SSSR count). The molecule has 3 aromatic rings. The number of amides is 1. The lowest BCUT2D eigenvalue weighted by atomic mass is 10.1. The van der Waals surface area contributed by atoms with E-state index in [1.165, 1.54) is 12.1 Å². The number of hydrogen-bond acceptors (Lipinski definition) is 4. The van der Waals surface area contributed by atoms with Crippen LogP contribution in [0.4, 0.5) is 32.0 Å². The number of carbonyl (C=O) groups excluding carboxylic acids is 1. The SMILES string of the molecule is O=C(Cn1nnc(-c2cccc(C(F)(F)F)c2)n1)Nc1c(Cl)cccc1C(F)(F)F. The van der Waals surface area contributed by atoms with Crippen LogP contribution in [0.3, 0.4) is 0 Å². The largest absolute Gasteiger partial charge is 0.418 e. The summed E-state index contributed by atoms with van der Waals surface area (Å²) in [5.41, 5.74) is -2.69. The summed E-state index contributed by atoms with van der Waals surface area (Å²) >= 11 is 5.76. The highest BCUT2D eigenvalue weighted by molar-refractivity contribution is 6.34. The van der Waals surface area contributed by atoms with Crippen molar-refractivity contribution >= 4 is 23.2 Å². The Kier molecular flexibility index (Phi) is 5.70. The van der Waals surface area contributed by atoms with E-state index in [0.717, 1.165) is 35.1 Å². The molecule has 1 amide bonds. The average Bonchev–Trinajstić information content (AvgIpc) is 3.10. The van der Waals surface area contributed by atoms with Crippen LogP contribution in [0.15, 0.2) is 42.5 Å². The number of aromatic nitrogens is 4. The third kappa shape index (κ3) is 4.87. The van der Waals surface area contributed by atoms with Crippen LogP contribution in [0.25, 0.3) is 11.4 Å². The van der Waals surface area contributed by atoms with Gasteiger partial charge >= 0.3 is 12.4 Å². The molecular formula is C17H10ClF6N5O. The summed E-state index contributed by atoms with van der Waals surface area (Å²) in [5, 5.41) is 12.6. The van der Waals surface area contributed by atoms with Crippen molar-refractivity contribution in [2.24, 2.45) is 0 Å². The summed E-state index contributed by atoms with van der Waals surface area (Å²) in [6.45, 7) is -0.644. The Morgan fingerprint density at radius 2 is 1.73 bits per heavy atom. The summed E-state index contributed by atoms with van der Waals surface area (Å²) in [6, 6.07) is 7.15. The first-order valence-corrected chi connectivity index (χ1v) is 8.44. The van der Waals surface area contributed by atoms with Crippen LogP contribution >= 0.6 is 11.6 Å². The second-order valence-corrected chi connectivity index (χ2v) is 6.34. The highest BCUT2D eigenvalue weighted by Crippen LogP contribution is 2.38. The van der Waals surface area contributed by atoms with Crippen molar-refractivity contribution in [3.63, 3.8) is 0 Å². The number of nitrogens with zero attached hydrogens (tertiary/aromatic N) is 4. The zero-order valence-electron chi connectivity index (χ0n) is 14.6. The average molecular weight is 450 g/mol. The van der Waals surface area contributed by atoms with Crippen LogP contribution in [0.2, 0.25) is 5.02 Å². The van der Waals surface area contributed by atoms with Crippen molar-refractivity contribution in [2.75, 3.05) is 5.32 Å². The van der Waals surface area contributed by atoms with Crippen LogP contribution in [-0.2, 0) is 23.7 Å². The molecule has 0 spiro atoms. The summed E-state index contributed by atoms with van der Waals surface area (Å²) in [5.74, 6) is -1.13. The lowest BCUT2D eigenvalue weighted by Crippen LogP contribution is -2.22. The van der Waals surface area contributed by atoms with Crippen molar-refractivity contribution in [2.45, 2.75) is 18.9 Å². The summed E-state index contributed by atoms with van der Waals surface area (Å²) in [4.78, 5) is 12.9. The third-order valence-electron chi connectivity index (χ3n) is 3.77. The molecule has 0 atom stereocenters. The van der Waals surface area contributed by atoms with Crippen LogP contribution in [0, 0.1) is 0 Å². The van der Waals surface area contributed by atoms with E-state index in [0.29, 0.717) is 0 Å². The van der Waals surface area contributed by atoms with Gasteiger partial charge in [-0.15, -0.1) is 10.2 Å². The van der Waals surface area contributed by atoms with E-state index in [1.54, 1.807) is 0 Å². The van der Waals surface area contributed by atoms with Crippen LogP contribution < -0.4 is 5.32 Å². The fraction of sp³-hybridized carbons (Fsp3) is 0.176. The normalized spacial score (nSPS) is 12.1. The molecule has 1 heterocycles. The van der Waals surface area contributed by atoms with Gasteiger partial charge in [-0.05, 0) is 29.5 Å². The quantitative estimate of drug-likeness (QED) is 0.588. The number of nitrogens with one attached hydrogen (secondary N) is 1. The van der Waals surface area contributed by atoms with E-state index >= 15 is 0 Å². The van der Waals surface area contributed by atoms with Crippen molar-refractivity contribution < 1.29 is 31.1 Å². The lowest BCUT2D eigenvalue weighted by Gasteiger charge is -2.14. The van der Waals surface area contributed by atoms with Gasteiger partial charge in [0.2, 0.25) is 11.7 Å². The number of hydrogen-bond donors (Lipinski definition) is 1. The maximum absolute atomic E-state index is 13.1. The van der Waals surface area contributed by atoms with Gasteiger partial charge in [0.1, 0.15) is 6.54 Å². The van der Waals surface area contributed by atoms with Gasteiger partial charge < -0.3 is 5.32 Å². The molecule has 0 aliphatic heterocycles. The molecular weight excluding hydrogens is 440 g/mol. The molecule has 0 bridgehead atoms. The van der Waals surface area contributed by atoms with E-state index in [2.05, 4.69) is 15.4 Å². The van der Waals surface area contributed by atoms with Crippen molar-refractivity contribution in [1.29, 1.82) is 0 Å². The summed E-state index contributed by atoms with van der Waals surface area (Å²) in [6.07, 6.45) is -9.33. The first kappa shape index (κ1) is 21.6. The van der Waals surface area contributed by atoms with Gasteiger partial charge in [0, 0.05) is 5.56 Å². The van der Waals surface area contributed by atoms with E-state index in [9.17, 15) is 31.1 Å². The minimum Gasteiger partial charge on any atom is -0.323 e. The number of halogens is 7. The monoisotopic (exact) mass is 449 g/mol. The van der Waals surface area contributed by atoms with Crippen molar-refractivity contribution in [3.05, 3.63) is 58.6 Å². The molecule has 2 aromatic carbocycles. The number of carbonyl (C=O) groups is 1. The summed E-state index contributed by atoms with van der Waals surface area (Å²) < 4.78 is 77.7. The molecule has 0 aliphatic carbocycles. The van der Waals surface area contributed by atoms with E-state index in [4.69, 9.17) is 11.6 Å². The lowest BCUT2D eigenvalue weighted by molar-refractivity contribution is -0.138. The van der Waals surface area contributed by atoms with Crippen molar-refractivity contribution in [3.8, 4) is 11.4 Å². The van der Waals surface area contributed by atoms with Crippen LogP contribution in [0.5, 0.6) is 0 Å². The van der Waals surface area contributed by atoms with Gasteiger partial charge in [-0.3, -0.25) is 4.79 Å². The van der Waals surface area contributed by atoms with Crippen LogP contribution in [0.1, 0.15) is 11.1 Å². The highest BCUT2D eigenvalue weighted by Gasteiger charge is 2.35.